The average molecular weight is 272 g/mol. The number of nitrogens with one attached hydrogen (secondary N) is 1. The third kappa shape index (κ3) is 3.64. The highest BCUT2D eigenvalue weighted by Crippen LogP contribution is 2.23. The summed E-state index contributed by atoms with van der Waals surface area (Å²) >= 11 is 0. The third-order valence-corrected chi connectivity index (χ3v) is 3.72. The fourth-order valence-corrected chi connectivity index (χ4v) is 2.33. The first kappa shape index (κ1) is 14.7. The van der Waals surface area contributed by atoms with Crippen LogP contribution in [0.1, 0.15) is 37.9 Å². The molecule has 3 nitrogen and oxygen atoms in total. The molecule has 1 aromatic heterocycles. The summed E-state index contributed by atoms with van der Waals surface area (Å²) in [6, 6.07) is 10.8. The molecule has 0 spiro atoms. The highest BCUT2D eigenvalue weighted by Gasteiger charge is 2.10. The van der Waals surface area contributed by atoms with Gasteiger partial charge in [0.15, 0.2) is 0 Å². The first-order valence-electron chi connectivity index (χ1n) is 7.33. The van der Waals surface area contributed by atoms with E-state index in [2.05, 4.69) is 55.3 Å². The Balaban J connectivity index is 2.11. The summed E-state index contributed by atoms with van der Waals surface area (Å²) in [5.74, 6) is 0. The van der Waals surface area contributed by atoms with Crippen LogP contribution in [0.4, 0.5) is 5.69 Å². The van der Waals surface area contributed by atoms with E-state index in [9.17, 15) is 0 Å². The zero-order chi connectivity index (χ0) is 14.4. The predicted octanol–water partition coefficient (Wildman–Crippen LogP) is 4.29. The van der Waals surface area contributed by atoms with E-state index in [4.69, 9.17) is 4.42 Å². The molecule has 1 atom stereocenters. The number of benzene rings is 1. The van der Waals surface area contributed by atoms with Gasteiger partial charge in [0.05, 0.1) is 18.6 Å². The van der Waals surface area contributed by atoms with Crippen molar-refractivity contribution in [1.29, 1.82) is 0 Å². The van der Waals surface area contributed by atoms with Gasteiger partial charge >= 0.3 is 0 Å². The molecule has 108 valence electrons. The molecule has 0 fully saturated rings. The molecule has 0 amide bonds. The summed E-state index contributed by atoms with van der Waals surface area (Å²) < 4.78 is 5.15. The van der Waals surface area contributed by atoms with Gasteiger partial charge in [-0.05, 0) is 37.7 Å². The van der Waals surface area contributed by atoms with Gasteiger partial charge in [-0.1, -0.05) is 32.0 Å². The van der Waals surface area contributed by atoms with Gasteiger partial charge in [-0.3, -0.25) is 4.90 Å². The highest BCUT2D eigenvalue weighted by molar-refractivity contribution is 5.52. The van der Waals surface area contributed by atoms with Crippen LogP contribution in [0.3, 0.4) is 0 Å². The number of furan rings is 1. The van der Waals surface area contributed by atoms with Crippen LogP contribution in [0, 0.1) is 0 Å². The molecule has 0 aliphatic rings. The Bertz CT molecular complexity index is 503. The SMILES string of the molecule is CCN(CC)Cc1ccccc1NC(C)c1ccoc1. The number of hydrogen-bond acceptors (Lipinski definition) is 3. The van der Waals surface area contributed by atoms with Gasteiger partial charge in [-0.25, -0.2) is 0 Å². The summed E-state index contributed by atoms with van der Waals surface area (Å²) in [7, 11) is 0. The van der Waals surface area contributed by atoms with Gasteiger partial charge in [0, 0.05) is 17.8 Å². The molecule has 1 N–H and O–H groups in total. The number of nitrogens with zero attached hydrogens (tertiary/aromatic N) is 1. The maximum Gasteiger partial charge on any atom is 0.0955 e. The van der Waals surface area contributed by atoms with Gasteiger partial charge in [0.2, 0.25) is 0 Å². The van der Waals surface area contributed by atoms with Crippen LogP contribution in [0.25, 0.3) is 0 Å². The number of para-hydroxylation sites is 1. The van der Waals surface area contributed by atoms with Crippen molar-refractivity contribution >= 4 is 5.69 Å². The summed E-state index contributed by atoms with van der Waals surface area (Å²) in [4.78, 5) is 2.42. The van der Waals surface area contributed by atoms with Crippen molar-refractivity contribution in [2.45, 2.75) is 33.4 Å². The first-order valence-corrected chi connectivity index (χ1v) is 7.33. The van der Waals surface area contributed by atoms with Gasteiger partial charge in [0.1, 0.15) is 0 Å². The highest BCUT2D eigenvalue weighted by atomic mass is 16.3. The Kier molecular flexibility index (Phi) is 5.24. The lowest BCUT2D eigenvalue weighted by Crippen LogP contribution is -2.23. The smallest absolute Gasteiger partial charge is 0.0955 e. The van der Waals surface area contributed by atoms with Crippen molar-refractivity contribution < 1.29 is 4.42 Å². The molecular formula is C17H24N2O. The quantitative estimate of drug-likeness (QED) is 0.815. The molecule has 1 heterocycles. The lowest BCUT2D eigenvalue weighted by molar-refractivity contribution is 0.296. The molecule has 0 bridgehead atoms. The van der Waals surface area contributed by atoms with Crippen molar-refractivity contribution in [3.8, 4) is 0 Å². The van der Waals surface area contributed by atoms with Crippen LogP contribution in [0.15, 0.2) is 47.3 Å². The molecule has 0 aliphatic heterocycles. The van der Waals surface area contributed by atoms with Crippen molar-refractivity contribution in [3.05, 3.63) is 54.0 Å². The molecule has 1 aromatic carbocycles. The van der Waals surface area contributed by atoms with Crippen LogP contribution in [-0.2, 0) is 6.54 Å². The second kappa shape index (κ2) is 7.15. The van der Waals surface area contributed by atoms with E-state index in [1.165, 1.54) is 16.8 Å². The Labute approximate surface area is 121 Å². The molecular weight excluding hydrogens is 248 g/mol. The summed E-state index contributed by atoms with van der Waals surface area (Å²) in [6.45, 7) is 9.68. The predicted molar refractivity (Wildman–Crippen MR) is 83.8 cm³/mol. The van der Waals surface area contributed by atoms with E-state index in [1.54, 1.807) is 12.5 Å². The van der Waals surface area contributed by atoms with Crippen LogP contribution >= 0.6 is 0 Å². The fourth-order valence-electron chi connectivity index (χ4n) is 2.33. The minimum Gasteiger partial charge on any atom is -0.472 e. The second-order valence-corrected chi connectivity index (χ2v) is 5.04. The van der Waals surface area contributed by atoms with Gasteiger partial charge in [0.25, 0.3) is 0 Å². The molecule has 0 radical (unpaired) electrons. The van der Waals surface area contributed by atoms with Crippen LogP contribution in [0.5, 0.6) is 0 Å². The monoisotopic (exact) mass is 272 g/mol. The fraction of sp³-hybridized carbons (Fsp3) is 0.412. The van der Waals surface area contributed by atoms with E-state index in [1.807, 2.05) is 6.07 Å². The van der Waals surface area contributed by atoms with Crippen molar-refractivity contribution in [1.82, 2.24) is 4.90 Å². The zero-order valence-corrected chi connectivity index (χ0v) is 12.6. The summed E-state index contributed by atoms with van der Waals surface area (Å²) in [5.41, 5.74) is 3.71. The van der Waals surface area contributed by atoms with E-state index in [0.717, 1.165) is 19.6 Å². The number of anilines is 1. The Morgan fingerprint density at radius 1 is 1.15 bits per heavy atom. The molecule has 1 unspecified atom stereocenters. The Morgan fingerprint density at radius 2 is 1.90 bits per heavy atom. The Hall–Kier alpha value is -1.74. The average Bonchev–Trinajstić information content (AvgIpc) is 3.00. The van der Waals surface area contributed by atoms with Gasteiger partial charge < -0.3 is 9.73 Å². The van der Waals surface area contributed by atoms with Crippen molar-refractivity contribution in [2.24, 2.45) is 0 Å². The zero-order valence-electron chi connectivity index (χ0n) is 12.6. The molecule has 0 aliphatic carbocycles. The number of rotatable bonds is 7. The largest absolute Gasteiger partial charge is 0.472 e. The maximum atomic E-state index is 5.15. The maximum absolute atomic E-state index is 5.15. The lowest BCUT2D eigenvalue weighted by Gasteiger charge is -2.22. The first-order chi connectivity index (χ1) is 9.74. The Morgan fingerprint density at radius 3 is 2.55 bits per heavy atom. The molecule has 2 rings (SSSR count). The normalized spacial score (nSPS) is 12.6. The second-order valence-electron chi connectivity index (χ2n) is 5.04. The van der Waals surface area contributed by atoms with Crippen molar-refractivity contribution in [2.75, 3.05) is 18.4 Å². The van der Waals surface area contributed by atoms with Gasteiger partial charge in [-0.15, -0.1) is 0 Å². The molecule has 0 saturated heterocycles. The van der Waals surface area contributed by atoms with Crippen molar-refractivity contribution in [3.63, 3.8) is 0 Å². The van der Waals surface area contributed by atoms with E-state index in [-0.39, 0.29) is 6.04 Å². The standard InChI is InChI=1S/C17H24N2O/c1-4-19(5-2)12-15-8-6-7-9-17(15)18-14(3)16-10-11-20-13-16/h6-11,13-14,18H,4-5,12H2,1-3H3. The van der Waals surface area contributed by atoms with Crippen LogP contribution in [0.2, 0.25) is 0 Å². The van der Waals surface area contributed by atoms with Crippen LogP contribution < -0.4 is 5.32 Å². The minimum absolute atomic E-state index is 0.242. The molecule has 3 heteroatoms. The van der Waals surface area contributed by atoms with E-state index in [0.29, 0.717) is 0 Å². The van der Waals surface area contributed by atoms with E-state index >= 15 is 0 Å². The topological polar surface area (TPSA) is 28.4 Å². The van der Waals surface area contributed by atoms with Crippen LogP contribution in [-0.4, -0.2) is 18.0 Å². The summed E-state index contributed by atoms with van der Waals surface area (Å²) in [5, 5.41) is 3.58. The molecule has 20 heavy (non-hydrogen) atoms. The third-order valence-electron chi connectivity index (χ3n) is 3.72. The summed E-state index contributed by atoms with van der Waals surface area (Å²) in [6.07, 6.45) is 3.51. The van der Waals surface area contributed by atoms with Gasteiger partial charge in [-0.2, -0.15) is 0 Å². The molecule has 2 aromatic rings. The molecule has 0 saturated carbocycles. The number of hydrogen-bond donors (Lipinski definition) is 1. The minimum atomic E-state index is 0.242. The lowest BCUT2D eigenvalue weighted by atomic mass is 10.1. The van der Waals surface area contributed by atoms with E-state index < -0.39 is 0 Å².